The molecule has 0 aromatic carbocycles. The summed E-state index contributed by atoms with van der Waals surface area (Å²) in [5.74, 6) is -0.211. The number of nitrogens with zero attached hydrogens (tertiary/aromatic N) is 6. The second-order valence-electron chi connectivity index (χ2n) is 9.44. The standard InChI is InChI=1S/C20H25N10O9PS/c21-19-25-15-13(17(33)27-19)23-5-29(15)11-1-7(32)10(38-11)4-36-40(35,41)39-8-2-12(37-9(8)3-31)30-6-24-14-16(30)26-20(22)28-18(14)34/h5-12,31-32H,1-4H2,(H,35,41)(H3,21,25,27,33)(H3,22,26,28,34)/t7-,8-,9+,10+,11+,12+,40?/m0/s1. The number of aromatic nitrogens is 8. The van der Waals surface area contributed by atoms with Crippen LogP contribution in [0, 0.1) is 0 Å². The van der Waals surface area contributed by atoms with Gasteiger partial charge in [-0.15, -0.1) is 0 Å². The molecule has 2 fully saturated rings. The number of fused-ring (bicyclic) bond motifs is 2. The maximum absolute atomic E-state index is 12.1. The molecule has 7 atom stereocenters. The third-order valence-electron chi connectivity index (χ3n) is 6.76. The van der Waals surface area contributed by atoms with Crippen molar-refractivity contribution < 1.29 is 33.6 Å². The lowest BCUT2D eigenvalue weighted by atomic mass is 10.2. The molecule has 0 spiro atoms. The van der Waals surface area contributed by atoms with E-state index in [-0.39, 0.29) is 53.7 Å². The van der Waals surface area contributed by atoms with E-state index in [1.807, 2.05) is 0 Å². The Morgan fingerprint density at radius 2 is 1.54 bits per heavy atom. The molecule has 6 heterocycles. The van der Waals surface area contributed by atoms with E-state index in [1.54, 1.807) is 0 Å². The minimum absolute atomic E-state index is 0.0477. The fourth-order valence-electron chi connectivity index (χ4n) is 4.86. The van der Waals surface area contributed by atoms with Crippen molar-refractivity contribution in [2.75, 3.05) is 24.7 Å². The maximum Gasteiger partial charge on any atom is 0.324 e. The van der Waals surface area contributed by atoms with Crippen LogP contribution in [0.15, 0.2) is 22.2 Å². The second-order valence-corrected chi connectivity index (χ2v) is 12.2. The number of anilines is 2. The van der Waals surface area contributed by atoms with Gasteiger partial charge in [0, 0.05) is 12.8 Å². The number of ether oxygens (including phenoxy) is 2. The van der Waals surface area contributed by atoms with Crippen molar-refractivity contribution in [3.05, 3.63) is 33.4 Å². The Kier molecular flexibility index (Phi) is 7.12. The van der Waals surface area contributed by atoms with Gasteiger partial charge in [0.15, 0.2) is 22.3 Å². The summed E-state index contributed by atoms with van der Waals surface area (Å²) < 4.78 is 25.8. The molecule has 0 saturated carbocycles. The fourth-order valence-corrected chi connectivity index (χ4v) is 6.33. The number of aliphatic hydroxyl groups excluding tert-OH is 2. The molecule has 2 aliphatic rings. The smallest absolute Gasteiger partial charge is 0.324 e. The van der Waals surface area contributed by atoms with Gasteiger partial charge in [-0.1, -0.05) is 0 Å². The van der Waals surface area contributed by atoms with Crippen molar-refractivity contribution in [2.24, 2.45) is 0 Å². The Labute approximate surface area is 233 Å². The minimum atomic E-state index is -3.93. The number of aliphatic hydroxyl groups is 2. The van der Waals surface area contributed by atoms with Crippen LogP contribution in [-0.2, 0) is 30.3 Å². The Bertz CT molecular complexity index is 1770. The van der Waals surface area contributed by atoms with Crippen molar-refractivity contribution >= 4 is 52.7 Å². The molecular formula is C20H25N10O9PS. The number of aromatic amines is 2. The van der Waals surface area contributed by atoms with Crippen molar-refractivity contribution in [1.29, 1.82) is 0 Å². The predicted octanol–water partition coefficient (Wildman–Crippen LogP) is -2.04. The van der Waals surface area contributed by atoms with Gasteiger partial charge in [0.1, 0.15) is 24.7 Å². The highest BCUT2D eigenvalue weighted by molar-refractivity contribution is 8.07. The van der Waals surface area contributed by atoms with E-state index in [9.17, 15) is 24.7 Å². The van der Waals surface area contributed by atoms with E-state index in [2.05, 4.69) is 29.9 Å². The van der Waals surface area contributed by atoms with Gasteiger partial charge in [0.2, 0.25) is 11.9 Å². The van der Waals surface area contributed by atoms with Gasteiger partial charge in [-0.25, -0.2) is 9.97 Å². The quantitative estimate of drug-likeness (QED) is 0.106. The topological polar surface area (TPSA) is 277 Å². The zero-order chi connectivity index (χ0) is 29.1. The molecule has 0 aliphatic carbocycles. The summed E-state index contributed by atoms with van der Waals surface area (Å²) in [7, 11) is 0. The van der Waals surface area contributed by atoms with Crippen molar-refractivity contribution in [2.45, 2.75) is 49.7 Å². The third kappa shape index (κ3) is 5.25. The van der Waals surface area contributed by atoms with Gasteiger partial charge in [-0.2, -0.15) is 9.97 Å². The number of nitrogens with one attached hydrogen (secondary N) is 2. The first kappa shape index (κ1) is 27.8. The number of hydrogen-bond acceptors (Lipinski definition) is 15. The number of rotatable bonds is 8. The Morgan fingerprint density at radius 3 is 2.10 bits per heavy atom. The number of imidazole rings is 2. The van der Waals surface area contributed by atoms with Gasteiger partial charge < -0.3 is 45.1 Å². The van der Waals surface area contributed by atoms with E-state index in [4.69, 9.17) is 41.8 Å². The summed E-state index contributed by atoms with van der Waals surface area (Å²) in [5, 5.41) is 20.4. The lowest BCUT2D eigenvalue weighted by Gasteiger charge is -2.24. The molecule has 4 aromatic rings. The molecule has 6 rings (SSSR count). The number of H-pyrrole nitrogens is 2. The molecule has 41 heavy (non-hydrogen) atoms. The highest BCUT2D eigenvalue weighted by atomic mass is 32.5. The average Bonchev–Trinajstić information content (AvgIpc) is 3.67. The molecule has 2 aliphatic heterocycles. The van der Waals surface area contributed by atoms with E-state index < -0.39 is 61.3 Å². The molecule has 0 radical (unpaired) electrons. The largest absolute Gasteiger partial charge is 0.394 e. The highest BCUT2D eigenvalue weighted by Crippen LogP contribution is 2.49. The van der Waals surface area contributed by atoms with Crippen molar-refractivity contribution in [1.82, 2.24) is 39.0 Å². The summed E-state index contributed by atoms with van der Waals surface area (Å²) >= 11 is 5.18. The minimum Gasteiger partial charge on any atom is -0.394 e. The lowest BCUT2D eigenvalue weighted by molar-refractivity contribution is -0.0507. The number of nitrogens with two attached hydrogens (primary N) is 2. The van der Waals surface area contributed by atoms with E-state index in [0.717, 1.165) is 0 Å². The molecule has 19 nitrogen and oxygen atoms in total. The SMILES string of the molecule is Nc1nc2c(ncn2[C@H]2C[C@H](OP(O)(=S)OC[C@H]3O[C@@H](n4cnc5c(=O)[nH]c(N)nc54)C[C@@H]3O)[C@@H](CO)O2)c(=O)[nH]1. The molecule has 9 N–H and O–H groups in total. The van der Waals surface area contributed by atoms with Gasteiger partial charge in [0.05, 0.1) is 38.1 Å². The van der Waals surface area contributed by atoms with E-state index in [0.29, 0.717) is 0 Å². The van der Waals surface area contributed by atoms with Gasteiger partial charge in [-0.3, -0.25) is 28.7 Å². The Hall–Kier alpha value is -3.33. The Balaban J connectivity index is 1.11. The van der Waals surface area contributed by atoms with Crippen molar-refractivity contribution in [3.63, 3.8) is 0 Å². The number of nitrogen functional groups attached to an aromatic ring is 2. The first-order valence-electron chi connectivity index (χ1n) is 12.2. The summed E-state index contributed by atoms with van der Waals surface area (Å²) in [6, 6.07) is 0. The highest BCUT2D eigenvalue weighted by Gasteiger charge is 2.42. The van der Waals surface area contributed by atoms with E-state index in [1.165, 1.54) is 21.8 Å². The second kappa shape index (κ2) is 10.5. The maximum atomic E-state index is 12.1. The molecule has 21 heteroatoms. The summed E-state index contributed by atoms with van der Waals surface area (Å²) in [6.07, 6.45) is -2.35. The van der Waals surface area contributed by atoms with Crippen LogP contribution in [0.4, 0.5) is 11.9 Å². The molecule has 1 unspecified atom stereocenters. The zero-order valence-corrected chi connectivity index (χ0v) is 22.6. The fraction of sp³-hybridized carbons (Fsp3) is 0.500. The van der Waals surface area contributed by atoms with Gasteiger partial charge in [-0.05, 0) is 11.8 Å². The number of hydrogen-bond donors (Lipinski definition) is 7. The first-order valence-corrected chi connectivity index (χ1v) is 14.8. The van der Waals surface area contributed by atoms with Crippen LogP contribution >= 0.6 is 6.72 Å². The predicted molar refractivity (Wildman–Crippen MR) is 143 cm³/mol. The molecule has 4 aromatic heterocycles. The summed E-state index contributed by atoms with van der Waals surface area (Å²) in [6.45, 7) is -4.72. The Morgan fingerprint density at radius 1 is 1.00 bits per heavy atom. The van der Waals surface area contributed by atoms with Crippen molar-refractivity contribution in [3.8, 4) is 0 Å². The molecule has 0 amide bonds. The van der Waals surface area contributed by atoms with Crippen LogP contribution < -0.4 is 22.6 Å². The molecule has 0 bridgehead atoms. The molecule has 220 valence electrons. The van der Waals surface area contributed by atoms with Crippen LogP contribution in [0.25, 0.3) is 22.3 Å². The molecular weight excluding hydrogens is 587 g/mol. The summed E-state index contributed by atoms with van der Waals surface area (Å²) in [4.78, 5) is 55.9. The van der Waals surface area contributed by atoms with Crippen LogP contribution in [-0.4, -0.2) is 91.8 Å². The lowest BCUT2D eigenvalue weighted by Crippen LogP contribution is -2.29. The van der Waals surface area contributed by atoms with Crippen LogP contribution in [0.1, 0.15) is 25.3 Å². The monoisotopic (exact) mass is 612 g/mol. The van der Waals surface area contributed by atoms with E-state index >= 15 is 0 Å². The van der Waals surface area contributed by atoms with Gasteiger partial charge >= 0.3 is 6.72 Å². The van der Waals surface area contributed by atoms with Crippen LogP contribution in [0.2, 0.25) is 0 Å². The van der Waals surface area contributed by atoms with Crippen LogP contribution in [0.5, 0.6) is 0 Å². The first-order chi connectivity index (χ1) is 19.5. The average molecular weight is 613 g/mol. The normalized spacial score (nSPS) is 28.1. The van der Waals surface area contributed by atoms with Crippen LogP contribution in [0.3, 0.4) is 0 Å². The third-order valence-corrected chi connectivity index (χ3v) is 8.34. The molecule has 2 saturated heterocycles. The summed E-state index contributed by atoms with van der Waals surface area (Å²) in [5.41, 5.74) is 10.7. The zero-order valence-electron chi connectivity index (χ0n) is 20.9. The van der Waals surface area contributed by atoms with Gasteiger partial charge in [0.25, 0.3) is 11.1 Å².